The van der Waals surface area contributed by atoms with E-state index < -0.39 is 22.4 Å². The van der Waals surface area contributed by atoms with Gasteiger partial charge in [0.1, 0.15) is 17.1 Å². The minimum absolute atomic E-state index is 0.124. The molecule has 2 aromatic rings. The number of benzene rings is 2. The fourth-order valence-electron chi connectivity index (χ4n) is 4.04. The van der Waals surface area contributed by atoms with Gasteiger partial charge in [-0.1, -0.05) is 24.3 Å². The Morgan fingerprint density at radius 2 is 1.52 bits per heavy atom. The van der Waals surface area contributed by atoms with E-state index in [1.165, 1.54) is 10.4 Å². The minimum atomic E-state index is -3.49. The van der Waals surface area contributed by atoms with Gasteiger partial charge in [0.2, 0.25) is 0 Å². The quantitative estimate of drug-likeness (QED) is 0.646. The molecule has 2 aliphatic rings. The lowest BCUT2D eigenvalue weighted by Crippen LogP contribution is -2.51. The van der Waals surface area contributed by atoms with Crippen molar-refractivity contribution in [1.29, 1.82) is 0 Å². The van der Waals surface area contributed by atoms with Crippen LogP contribution in [0.1, 0.15) is 20.8 Å². The van der Waals surface area contributed by atoms with E-state index in [2.05, 4.69) is 4.90 Å². The van der Waals surface area contributed by atoms with Crippen molar-refractivity contribution >= 4 is 34.1 Å². The first kappa shape index (κ1) is 23.6. The van der Waals surface area contributed by atoms with E-state index in [1.807, 2.05) is 32.9 Å². The molecule has 180 valence electrons. The molecule has 1 fully saturated rings. The molecule has 0 radical (unpaired) electrons. The van der Waals surface area contributed by atoms with Gasteiger partial charge in [0, 0.05) is 32.7 Å². The molecular weight excluding hydrogens is 447 g/mol. The van der Waals surface area contributed by atoms with Crippen molar-refractivity contribution in [1.82, 2.24) is 9.80 Å². The number of carbonyl (C=O) groups excluding carboxylic acids is 1. The molecule has 1 saturated heterocycles. The smallest absolute Gasteiger partial charge is 0.410 e. The van der Waals surface area contributed by atoms with Crippen LogP contribution >= 0.6 is 11.0 Å². The number of rotatable bonds is 4. The summed E-state index contributed by atoms with van der Waals surface area (Å²) in [5.74, 6) is -0.521. The van der Waals surface area contributed by atoms with Crippen molar-refractivity contribution < 1.29 is 23.0 Å². The number of carbonyl (C=O) groups is 1. The Morgan fingerprint density at radius 1 is 0.939 bits per heavy atom. The first-order valence-electron chi connectivity index (χ1n) is 11.0. The maximum atomic E-state index is 14.6. The van der Waals surface area contributed by atoms with Gasteiger partial charge in [-0.25, -0.2) is 13.5 Å². The lowest BCUT2D eigenvalue weighted by Gasteiger charge is -2.44. The fourth-order valence-corrected chi connectivity index (χ4v) is 5.82. The Bertz CT molecular complexity index is 1010. The second-order valence-electron chi connectivity index (χ2n) is 9.14. The van der Waals surface area contributed by atoms with Gasteiger partial charge in [-0.15, -0.1) is 0 Å². The molecule has 0 bridgehead atoms. The standard InChI is InChI=1S/C23H31FN4O4S/c1-23(2,3)32-22(29)26-15-12-25(13-16-26)14-17-27-20-10-6-7-11-21(20)28(33(27,30)31)19-9-5-4-8-18(19)24/h4-11,30-31H,12-17H2,1-3H3. The summed E-state index contributed by atoms with van der Waals surface area (Å²) >= 11 is 0. The van der Waals surface area contributed by atoms with Gasteiger partial charge in [0.15, 0.2) is 0 Å². The zero-order valence-corrected chi connectivity index (χ0v) is 20.0. The van der Waals surface area contributed by atoms with E-state index in [-0.39, 0.29) is 11.8 Å². The van der Waals surface area contributed by atoms with Crippen LogP contribution in [0.2, 0.25) is 0 Å². The largest absolute Gasteiger partial charge is 0.444 e. The highest BCUT2D eigenvalue weighted by molar-refractivity contribution is 8.27. The first-order chi connectivity index (χ1) is 15.6. The third kappa shape index (κ3) is 4.89. The van der Waals surface area contributed by atoms with Crippen LogP contribution in [0.5, 0.6) is 0 Å². The summed E-state index contributed by atoms with van der Waals surface area (Å²) < 4.78 is 45.3. The van der Waals surface area contributed by atoms with E-state index in [0.29, 0.717) is 50.6 Å². The molecular formula is C23H31FN4O4S. The summed E-state index contributed by atoms with van der Waals surface area (Å²) in [6, 6.07) is 13.3. The fraction of sp³-hybridized carbons (Fsp3) is 0.435. The van der Waals surface area contributed by atoms with E-state index in [9.17, 15) is 18.3 Å². The van der Waals surface area contributed by atoms with Gasteiger partial charge in [-0.05, 0) is 56.0 Å². The summed E-state index contributed by atoms with van der Waals surface area (Å²) in [6.45, 7) is 8.85. The van der Waals surface area contributed by atoms with Gasteiger partial charge in [0.25, 0.3) is 0 Å². The second kappa shape index (κ2) is 9.02. The van der Waals surface area contributed by atoms with Crippen molar-refractivity contribution in [2.24, 2.45) is 0 Å². The van der Waals surface area contributed by atoms with Crippen LogP contribution in [0.25, 0.3) is 0 Å². The lowest BCUT2D eigenvalue weighted by atomic mass is 10.2. The number of hydrogen-bond acceptors (Lipinski definition) is 7. The summed E-state index contributed by atoms with van der Waals surface area (Å²) in [5, 5.41) is 0. The highest BCUT2D eigenvalue weighted by atomic mass is 32.3. The average Bonchev–Trinajstić information content (AvgIpc) is 2.97. The van der Waals surface area contributed by atoms with Gasteiger partial charge >= 0.3 is 6.09 Å². The molecule has 33 heavy (non-hydrogen) atoms. The molecule has 0 spiro atoms. The molecule has 0 atom stereocenters. The normalized spacial score (nSPS) is 19.4. The number of anilines is 3. The van der Waals surface area contributed by atoms with E-state index in [0.717, 1.165) is 0 Å². The zero-order valence-electron chi connectivity index (χ0n) is 19.1. The van der Waals surface area contributed by atoms with Gasteiger partial charge in [-0.2, -0.15) is 0 Å². The molecule has 2 aromatic carbocycles. The van der Waals surface area contributed by atoms with Crippen LogP contribution in [0.3, 0.4) is 0 Å². The SMILES string of the molecule is CC(C)(C)OC(=O)N1CCN(CCN2c3ccccc3N(c3ccccc3F)S2(O)O)CC1. The Morgan fingerprint density at radius 3 is 2.12 bits per heavy atom. The van der Waals surface area contributed by atoms with E-state index in [4.69, 9.17) is 4.74 Å². The van der Waals surface area contributed by atoms with E-state index >= 15 is 0 Å². The molecule has 4 rings (SSSR count). The number of nitrogens with zero attached hydrogens (tertiary/aromatic N) is 4. The maximum Gasteiger partial charge on any atom is 0.410 e. The number of para-hydroxylation sites is 3. The number of ether oxygens (including phenoxy) is 1. The highest BCUT2D eigenvalue weighted by Gasteiger charge is 2.42. The summed E-state index contributed by atoms with van der Waals surface area (Å²) in [6.07, 6.45) is -0.315. The monoisotopic (exact) mass is 478 g/mol. The number of fused-ring (bicyclic) bond motifs is 1. The molecule has 1 amide bonds. The molecule has 2 N–H and O–H groups in total. The summed E-state index contributed by atoms with van der Waals surface area (Å²) in [5.41, 5.74) is 0.791. The minimum Gasteiger partial charge on any atom is -0.444 e. The van der Waals surface area contributed by atoms with Gasteiger partial charge < -0.3 is 9.64 Å². The van der Waals surface area contributed by atoms with Crippen LogP contribution in [-0.2, 0) is 4.74 Å². The van der Waals surface area contributed by atoms with E-state index in [1.54, 1.807) is 39.5 Å². The predicted molar refractivity (Wildman–Crippen MR) is 129 cm³/mol. The zero-order chi connectivity index (χ0) is 23.8. The van der Waals surface area contributed by atoms with Crippen molar-refractivity contribution in [3.8, 4) is 0 Å². The van der Waals surface area contributed by atoms with Crippen LogP contribution in [-0.4, -0.2) is 69.9 Å². The van der Waals surface area contributed by atoms with Crippen molar-refractivity contribution in [3.63, 3.8) is 0 Å². The Labute approximate surface area is 195 Å². The lowest BCUT2D eigenvalue weighted by molar-refractivity contribution is 0.0148. The molecule has 2 aliphatic heterocycles. The topological polar surface area (TPSA) is 79.7 Å². The molecule has 2 heterocycles. The maximum absolute atomic E-state index is 14.6. The Kier molecular flexibility index (Phi) is 6.45. The Balaban J connectivity index is 1.44. The van der Waals surface area contributed by atoms with Crippen molar-refractivity contribution in [2.75, 3.05) is 47.9 Å². The third-order valence-corrected chi connectivity index (χ3v) is 7.48. The number of hydrogen-bond donors (Lipinski definition) is 2. The van der Waals surface area contributed by atoms with Crippen LogP contribution < -0.4 is 8.61 Å². The van der Waals surface area contributed by atoms with Gasteiger partial charge in [0.05, 0.1) is 17.9 Å². The van der Waals surface area contributed by atoms with Crippen molar-refractivity contribution in [2.45, 2.75) is 26.4 Å². The molecule has 0 aliphatic carbocycles. The number of halogens is 1. The molecule has 0 saturated carbocycles. The third-order valence-electron chi connectivity index (χ3n) is 5.62. The van der Waals surface area contributed by atoms with Crippen LogP contribution in [0, 0.1) is 5.82 Å². The van der Waals surface area contributed by atoms with Gasteiger partial charge in [-0.3, -0.25) is 18.3 Å². The Hall–Kier alpha value is -2.53. The summed E-state index contributed by atoms with van der Waals surface area (Å²) in [7, 11) is -3.49. The molecule has 0 unspecified atom stereocenters. The van der Waals surface area contributed by atoms with Crippen LogP contribution in [0.4, 0.5) is 26.2 Å². The molecule has 0 aromatic heterocycles. The predicted octanol–water partition coefficient (Wildman–Crippen LogP) is 4.92. The summed E-state index contributed by atoms with van der Waals surface area (Å²) in [4.78, 5) is 16.2. The van der Waals surface area contributed by atoms with Crippen LogP contribution in [0.15, 0.2) is 48.5 Å². The average molecular weight is 479 g/mol. The second-order valence-corrected chi connectivity index (χ2v) is 10.9. The first-order valence-corrected chi connectivity index (χ1v) is 12.4. The molecule has 8 nitrogen and oxygen atoms in total. The number of amides is 1. The number of piperazine rings is 1. The van der Waals surface area contributed by atoms with Crippen molar-refractivity contribution in [3.05, 3.63) is 54.3 Å². The highest BCUT2D eigenvalue weighted by Crippen LogP contribution is 2.64. The molecule has 10 heteroatoms.